The third-order valence-electron chi connectivity index (χ3n) is 6.34. The van der Waals surface area contributed by atoms with Gasteiger partial charge in [-0.15, -0.1) is 11.3 Å². The van der Waals surface area contributed by atoms with E-state index in [2.05, 4.69) is 41.5 Å². The lowest BCUT2D eigenvalue weighted by molar-refractivity contribution is -0.122. The first kappa shape index (κ1) is 23.2. The molecule has 172 valence electrons. The van der Waals surface area contributed by atoms with Crippen molar-refractivity contribution in [2.45, 2.75) is 46.1 Å². The van der Waals surface area contributed by atoms with Gasteiger partial charge in [0.15, 0.2) is 0 Å². The smallest absolute Gasteiger partial charge is 0.265 e. The van der Waals surface area contributed by atoms with Crippen molar-refractivity contribution in [3.8, 4) is 10.6 Å². The Balaban J connectivity index is 1.30. The highest BCUT2D eigenvalue weighted by Gasteiger charge is 2.28. The SMILES string of the molecule is Cc1ccc(-c2nc(C)c(C(=O)N3CCC(CC(=O)N[C@@H](C)c4ccccc4)CC3)s2)cc1. The van der Waals surface area contributed by atoms with E-state index in [1.807, 2.05) is 49.1 Å². The van der Waals surface area contributed by atoms with Gasteiger partial charge in [0.2, 0.25) is 5.91 Å². The molecule has 4 rings (SSSR count). The molecule has 3 aromatic rings. The zero-order chi connectivity index (χ0) is 23.4. The van der Waals surface area contributed by atoms with E-state index in [9.17, 15) is 9.59 Å². The summed E-state index contributed by atoms with van der Waals surface area (Å²) in [6.45, 7) is 7.34. The molecule has 1 aromatic heterocycles. The van der Waals surface area contributed by atoms with E-state index < -0.39 is 0 Å². The summed E-state index contributed by atoms with van der Waals surface area (Å²) >= 11 is 1.47. The van der Waals surface area contributed by atoms with Crippen LogP contribution in [0.2, 0.25) is 0 Å². The molecule has 1 atom stereocenters. The van der Waals surface area contributed by atoms with Gasteiger partial charge in [-0.1, -0.05) is 60.2 Å². The second-order valence-electron chi connectivity index (χ2n) is 8.94. The Kier molecular flexibility index (Phi) is 7.23. The van der Waals surface area contributed by atoms with Crippen molar-refractivity contribution in [3.05, 3.63) is 76.3 Å². The van der Waals surface area contributed by atoms with Crippen molar-refractivity contribution in [2.75, 3.05) is 13.1 Å². The predicted molar refractivity (Wildman–Crippen MR) is 133 cm³/mol. The van der Waals surface area contributed by atoms with E-state index in [0.717, 1.165) is 39.5 Å². The largest absolute Gasteiger partial charge is 0.350 e. The number of piperidine rings is 1. The van der Waals surface area contributed by atoms with Crippen molar-refractivity contribution in [1.82, 2.24) is 15.2 Å². The minimum Gasteiger partial charge on any atom is -0.350 e. The fourth-order valence-corrected chi connectivity index (χ4v) is 5.33. The summed E-state index contributed by atoms with van der Waals surface area (Å²) in [7, 11) is 0. The molecule has 0 spiro atoms. The molecular weight excluding hydrogens is 430 g/mol. The first-order chi connectivity index (χ1) is 15.9. The molecule has 2 aromatic carbocycles. The summed E-state index contributed by atoms with van der Waals surface area (Å²) in [5.41, 5.74) is 4.14. The Hall–Kier alpha value is -2.99. The Morgan fingerprint density at radius 2 is 1.73 bits per heavy atom. The van der Waals surface area contributed by atoms with Gasteiger partial charge in [-0.25, -0.2) is 4.98 Å². The zero-order valence-electron chi connectivity index (χ0n) is 19.5. The van der Waals surface area contributed by atoms with Crippen molar-refractivity contribution in [1.29, 1.82) is 0 Å². The van der Waals surface area contributed by atoms with Crippen LogP contribution in [0.4, 0.5) is 0 Å². The number of nitrogens with one attached hydrogen (secondary N) is 1. The maximum absolute atomic E-state index is 13.2. The lowest BCUT2D eigenvalue weighted by Crippen LogP contribution is -2.39. The molecule has 0 saturated carbocycles. The first-order valence-corrected chi connectivity index (χ1v) is 12.4. The summed E-state index contributed by atoms with van der Waals surface area (Å²) < 4.78 is 0. The molecule has 1 aliphatic rings. The second-order valence-corrected chi connectivity index (χ2v) is 9.94. The third-order valence-corrected chi connectivity index (χ3v) is 7.54. The maximum Gasteiger partial charge on any atom is 0.265 e. The fraction of sp³-hybridized carbons (Fsp3) is 0.370. The molecule has 0 bridgehead atoms. The topological polar surface area (TPSA) is 62.3 Å². The summed E-state index contributed by atoms with van der Waals surface area (Å²) in [5.74, 6) is 0.448. The number of carbonyl (C=O) groups is 2. The molecule has 0 radical (unpaired) electrons. The standard InChI is InChI=1S/C27H31N3O2S/c1-18-9-11-23(12-10-18)26-29-20(3)25(33-26)27(32)30-15-13-21(14-16-30)17-24(31)28-19(2)22-7-5-4-6-8-22/h4-12,19,21H,13-17H2,1-3H3,(H,28,31)/t19-/m0/s1. The van der Waals surface area contributed by atoms with Crippen LogP contribution in [-0.2, 0) is 4.79 Å². The maximum atomic E-state index is 13.2. The number of benzene rings is 2. The fourth-order valence-electron chi connectivity index (χ4n) is 4.29. The number of thiazole rings is 1. The monoisotopic (exact) mass is 461 g/mol. The molecule has 1 N–H and O–H groups in total. The summed E-state index contributed by atoms with van der Waals surface area (Å²) in [6.07, 6.45) is 2.21. The first-order valence-electron chi connectivity index (χ1n) is 11.6. The average Bonchev–Trinajstić information content (AvgIpc) is 3.21. The zero-order valence-corrected chi connectivity index (χ0v) is 20.3. The number of hydrogen-bond acceptors (Lipinski definition) is 4. The van der Waals surface area contributed by atoms with E-state index >= 15 is 0 Å². The highest BCUT2D eigenvalue weighted by atomic mass is 32.1. The van der Waals surface area contributed by atoms with Crippen molar-refractivity contribution in [2.24, 2.45) is 5.92 Å². The lowest BCUT2D eigenvalue weighted by atomic mass is 9.93. The molecule has 1 fully saturated rings. The van der Waals surface area contributed by atoms with Gasteiger partial charge >= 0.3 is 0 Å². The molecule has 2 heterocycles. The molecule has 6 heteroatoms. The number of likely N-dealkylation sites (tertiary alicyclic amines) is 1. The number of carbonyl (C=O) groups excluding carboxylic acids is 2. The number of aromatic nitrogens is 1. The molecule has 1 saturated heterocycles. The minimum atomic E-state index is -0.00241. The second kappa shape index (κ2) is 10.3. The number of aryl methyl sites for hydroxylation is 2. The molecule has 33 heavy (non-hydrogen) atoms. The van der Waals surface area contributed by atoms with Gasteiger partial charge in [-0.3, -0.25) is 9.59 Å². The van der Waals surface area contributed by atoms with E-state index in [4.69, 9.17) is 0 Å². The number of amides is 2. The molecule has 0 unspecified atom stereocenters. The van der Waals surface area contributed by atoms with E-state index in [-0.39, 0.29) is 17.9 Å². The minimum absolute atomic E-state index is 0.00241. The molecule has 2 amide bonds. The highest BCUT2D eigenvalue weighted by molar-refractivity contribution is 7.17. The van der Waals surface area contributed by atoms with Gasteiger partial charge in [-0.2, -0.15) is 0 Å². The quantitative estimate of drug-likeness (QED) is 0.524. The van der Waals surface area contributed by atoms with E-state index in [0.29, 0.717) is 25.4 Å². The normalized spacial score (nSPS) is 15.3. The third kappa shape index (κ3) is 5.69. The number of rotatable bonds is 6. The van der Waals surface area contributed by atoms with Crippen LogP contribution in [0.5, 0.6) is 0 Å². The van der Waals surface area contributed by atoms with Gasteiger partial charge in [0.05, 0.1) is 11.7 Å². The number of hydrogen-bond donors (Lipinski definition) is 1. The number of nitrogens with zero attached hydrogens (tertiary/aromatic N) is 2. The van der Waals surface area contributed by atoms with Gasteiger partial charge < -0.3 is 10.2 Å². The summed E-state index contributed by atoms with van der Waals surface area (Å²) in [5, 5.41) is 3.99. The van der Waals surface area contributed by atoms with Gasteiger partial charge in [0.25, 0.3) is 5.91 Å². The van der Waals surface area contributed by atoms with Crippen molar-refractivity contribution < 1.29 is 9.59 Å². The van der Waals surface area contributed by atoms with Gasteiger partial charge in [-0.05, 0) is 45.1 Å². The predicted octanol–water partition coefficient (Wildman–Crippen LogP) is 5.55. The van der Waals surface area contributed by atoms with Gasteiger partial charge in [0.1, 0.15) is 9.88 Å². The van der Waals surface area contributed by atoms with Crippen LogP contribution in [0.25, 0.3) is 10.6 Å². The highest BCUT2D eigenvalue weighted by Crippen LogP contribution is 2.30. The van der Waals surface area contributed by atoms with Gasteiger partial charge in [0, 0.05) is 25.1 Å². The Morgan fingerprint density at radius 1 is 1.06 bits per heavy atom. The van der Waals surface area contributed by atoms with Crippen LogP contribution in [0.3, 0.4) is 0 Å². The molecule has 5 nitrogen and oxygen atoms in total. The van der Waals surface area contributed by atoms with Crippen LogP contribution in [0, 0.1) is 19.8 Å². The molecular formula is C27H31N3O2S. The van der Waals surface area contributed by atoms with Crippen molar-refractivity contribution >= 4 is 23.2 Å². The molecule has 1 aliphatic heterocycles. The van der Waals surface area contributed by atoms with E-state index in [1.54, 1.807) is 0 Å². The molecule has 0 aliphatic carbocycles. The Labute approximate surface area is 199 Å². The van der Waals surface area contributed by atoms with Crippen LogP contribution < -0.4 is 5.32 Å². The van der Waals surface area contributed by atoms with Crippen LogP contribution >= 0.6 is 11.3 Å². The summed E-state index contributed by atoms with van der Waals surface area (Å²) in [4.78, 5) is 33.0. The van der Waals surface area contributed by atoms with Crippen LogP contribution in [0.1, 0.15) is 58.7 Å². The van der Waals surface area contributed by atoms with Crippen LogP contribution in [0.15, 0.2) is 54.6 Å². The average molecular weight is 462 g/mol. The van der Waals surface area contributed by atoms with E-state index in [1.165, 1.54) is 16.9 Å². The Bertz CT molecular complexity index is 1100. The van der Waals surface area contributed by atoms with Crippen LogP contribution in [-0.4, -0.2) is 34.8 Å². The lowest BCUT2D eigenvalue weighted by Gasteiger charge is -2.31. The van der Waals surface area contributed by atoms with Crippen molar-refractivity contribution in [3.63, 3.8) is 0 Å². The summed E-state index contributed by atoms with van der Waals surface area (Å²) in [6, 6.07) is 18.2. The Morgan fingerprint density at radius 3 is 2.39 bits per heavy atom.